The number of amides is 1. The first-order chi connectivity index (χ1) is 12.8. The van der Waals surface area contributed by atoms with Crippen LogP contribution in [0.3, 0.4) is 0 Å². The molecule has 2 N–H and O–H groups in total. The Bertz CT molecular complexity index is 929. The number of para-hydroxylation sites is 1. The summed E-state index contributed by atoms with van der Waals surface area (Å²) in [5.74, 6) is 0.853. The standard InChI is InChI=1S/C22H24N4O/c1-15-23-19(14-20(24-15)25-17-8-6-5-7-9-17)21(27)26-18-12-10-16(11-13-18)22(2,3)4/h5-14H,1-4H3,(H,26,27)(H,23,24,25). The topological polar surface area (TPSA) is 66.9 Å². The summed E-state index contributed by atoms with van der Waals surface area (Å²) in [4.78, 5) is 21.2. The summed E-state index contributed by atoms with van der Waals surface area (Å²) >= 11 is 0. The molecule has 0 aliphatic carbocycles. The minimum absolute atomic E-state index is 0.0737. The highest BCUT2D eigenvalue weighted by atomic mass is 16.1. The molecule has 0 unspecified atom stereocenters. The van der Waals surface area contributed by atoms with Crippen molar-refractivity contribution in [1.29, 1.82) is 0 Å². The van der Waals surface area contributed by atoms with Gasteiger partial charge in [-0.2, -0.15) is 0 Å². The summed E-state index contributed by atoms with van der Waals surface area (Å²) in [5.41, 5.74) is 3.25. The fourth-order valence-corrected chi connectivity index (χ4v) is 2.67. The van der Waals surface area contributed by atoms with E-state index in [1.807, 2.05) is 54.6 Å². The Morgan fingerprint density at radius 1 is 0.889 bits per heavy atom. The molecule has 0 radical (unpaired) electrons. The van der Waals surface area contributed by atoms with E-state index < -0.39 is 0 Å². The van der Waals surface area contributed by atoms with Crippen LogP contribution < -0.4 is 10.6 Å². The Morgan fingerprint density at radius 3 is 2.19 bits per heavy atom. The molecule has 1 heterocycles. The van der Waals surface area contributed by atoms with E-state index >= 15 is 0 Å². The van der Waals surface area contributed by atoms with Crippen LogP contribution in [-0.4, -0.2) is 15.9 Å². The van der Waals surface area contributed by atoms with Crippen molar-refractivity contribution in [2.45, 2.75) is 33.1 Å². The predicted molar refractivity (Wildman–Crippen MR) is 110 cm³/mol. The third-order valence-electron chi connectivity index (χ3n) is 4.13. The Morgan fingerprint density at radius 2 is 1.56 bits per heavy atom. The van der Waals surface area contributed by atoms with Crippen molar-refractivity contribution in [1.82, 2.24) is 9.97 Å². The van der Waals surface area contributed by atoms with Crippen LogP contribution in [0.1, 0.15) is 42.6 Å². The molecule has 1 aromatic heterocycles. The number of carbonyl (C=O) groups excluding carboxylic acids is 1. The molecule has 0 fully saturated rings. The molecular weight excluding hydrogens is 336 g/mol. The summed E-state index contributed by atoms with van der Waals surface area (Å²) in [6, 6.07) is 19.2. The van der Waals surface area contributed by atoms with E-state index in [4.69, 9.17) is 0 Å². The van der Waals surface area contributed by atoms with Gasteiger partial charge in [0.15, 0.2) is 0 Å². The van der Waals surface area contributed by atoms with Crippen LogP contribution in [0.4, 0.5) is 17.2 Å². The number of benzene rings is 2. The van der Waals surface area contributed by atoms with E-state index in [1.165, 1.54) is 5.56 Å². The second-order valence-corrected chi connectivity index (χ2v) is 7.46. The van der Waals surface area contributed by atoms with Crippen molar-refractivity contribution in [3.63, 3.8) is 0 Å². The van der Waals surface area contributed by atoms with Gasteiger partial charge in [0.1, 0.15) is 17.3 Å². The van der Waals surface area contributed by atoms with Crippen molar-refractivity contribution in [3.8, 4) is 0 Å². The zero-order chi connectivity index (χ0) is 19.4. The lowest BCUT2D eigenvalue weighted by molar-refractivity contribution is 0.102. The van der Waals surface area contributed by atoms with Gasteiger partial charge in [-0.15, -0.1) is 0 Å². The highest BCUT2D eigenvalue weighted by Gasteiger charge is 2.14. The number of hydrogen-bond donors (Lipinski definition) is 2. The predicted octanol–water partition coefficient (Wildman–Crippen LogP) is 5.08. The van der Waals surface area contributed by atoms with Gasteiger partial charge in [0.25, 0.3) is 5.91 Å². The number of nitrogens with one attached hydrogen (secondary N) is 2. The minimum Gasteiger partial charge on any atom is -0.340 e. The minimum atomic E-state index is -0.264. The Hall–Kier alpha value is -3.21. The third kappa shape index (κ3) is 4.91. The fraction of sp³-hybridized carbons (Fsp3) is 0.227. The van der Waals surface area contributed by atoms with Crippen molar-refractivity contribution < 1.29 is 4.79 Å². The van der Waals surface area contributed by atoms with Gasteiger partial charge in [-0.1, -0.05) is 51.1 Å². The lowest BCUT2D eigenvalue weighted by atomic mass is 9.87. The average Bonchev–Trinajstić information content (AvgIpc) is 2.62. The van der Waals surface area contributed by atoms with E-state index in [0.717, 1.165) is 11.4 Å². The quantitative estimate of drug-likeness (QED) is 0.681. The first kappa shape index (κ1) is 18.6. The van der Waals surface area contributed by atoms with Gasteiger partial charge in [-0.25, -0.2) is 9.97 Å². The molecule has 1 amide bonds. The van der Waals surface area contributed by atoms with Crippen molar-refractivity contribution in [2.75, 3.05) is 10.6 Å². The second-order valence-electron chi connectivity index (χ2n) is 7.46. The van der Waals surface area contributed by atoms with E-state index in [9.17, 15) is 4.79 Å². The van der Waals surface area contributed by atoms with Crippen LogP contribution >= 0.6 is 0 Å². The molecule has 0 bridgehead atoms. The molecule has 5 nitrogen and oxygen atoms in total. The number of carbonyl (C=O) groups is 1. The smallest absolute Gasteiger partial charge is 0.274 e. The van der Waals surface area contributed by atoms with Crippen LogP contribution in [0.5, 0.6) is 0 Å². The van der Waals surface area contributed by atoms with Crippen molar-refractivity contribution in [3.05, 3.63) is 77.7 Å². The van der Waals surface area contributed by atoms with E-state index in [-0.39, 0.29) is 11.3 Å². The molecule has 3 aromatic rings. The van der Waals surface area contributed by atoms with Gasteiger partial charge in [-0.3, -0.25) is 4.79 Å². The van der Waals surface area contributed by atoms with Gasteiger partial charge in [0.2, 0.25) is 0 Å². The van der Waals surface area contributed by atoms with Crippen LogP contribution in [-0.2, 0) is 5.41 Å². The lowest BCUT2D eigenvalue weighted by Crippen LogP contribution is -2.16. The molecule has 0 aliphatic rings. The van der Waals surface area contributed by atoms with Crippen LogP contribution in [0.15, 0.2) is 60.7 Å². The summed E-state index contributed by atoms with van der Waals surface area (Å²) < 4.78 is 0. The number of rotatable bonds is 4. The molecule has 0 saturated heterocycles. The van der Waals surface area contributed by atoms with Crippen molar-refractivity contribution >= 4 is 23.1 Å². The Kier molecular flexibility index (Phi) is 5.21. The Labute approximate surface area is 159 Å². The summed E-state index contributed by atoms with van der Waals surface area (Å²) in [6.07, 6.45) is 0. The molecule has 138 valence electrons. The molecule has 2 aromatic carbocycles. The van der Waals surface area contributed by atoms with Gasteiger partial charge in [0, 0.05) is 17.4 Å². The highest BCUT2D eigenvalue weighted by Crippen LogP contribution is 2.23. The van der Waals surface area contributed by atoms with Crippen LogP contribution in [0, 0.1) is 6.92 Å². The summed E-state index contributed by atoms with van der Waals surface area (Å²) in [6.45, 7) is 8.24. The SMILES string of the molecule is Cc1nc(Nc2ccccc2)cc(C(=O)Nc2ccc(C(C)(C)C)cc2)n1. The van der Waals surface area contributed by atoms with Gasteiger partial charge in [-0.05, 0) is 42.2 Å². The molecule has 0 aliphatic heterocycles. The average molecular weight is 360 g/mol. The van der Waals surface area contributed by atoms with Crippen molar-refractivity contribution in [2.24, 2.45) is 0 Å². The van der Waals surface area contributed by atoms with Crippen LogP contribution in [0.2, 0.25) is 0 Å². The first-order valence-electron chi connectivity index (χ1n) is 8.91. The first-order valence-corrected chi connectivity index (χ1v) is 8.91. The zero-order valence-electron chi connectivity index (χ0n) is 16.1. The lowest BCUT2D eigenvalue weighted by Gasteiger charge is -2.19. The molecule has 0 spiro atoms. The number of aromatic nitrogens is 2. The van der Waals surface area contributed by atoms with Crippen LogP contribution in [0.25, 0.3) is 0 Å². The molecular formula is C22H24N4O. The van der Waals surface area contributed by atoms with E-state index in [0.29, 0.717) is 17.3 Å². The molecule has 0 saturated carbocycles. The zero-order valence-corrected chi connectivity index (χ0v) is 16.1. The molecule has 0 atom stereocenters. The number of anilines is 3. The van der Waals surface area contributed by atoms with Gasteiger partial charge >= 0.3 is 0 Å². The van der Waals surface area contributed by atoms with E-state index in [1.54, 1.807) is 13.0 Å². The molecule has 5 heteroatoms. The number of hydrogen-bond acceptors (Lipinski definition) is 4. The maximum Gasteiger partial charge on any atom is 0.274 e. The summed E-state index contributed by atoms with van der Waals surface area (Å²) in [5, 5.41) is 6.10. The van der Waals surface area contributed by atoms with Gasteiger partial charge < -0.3 is 10.6 Å². The van der Waals surface area contributed by atoms with E-state index in [2.05, 4.69) is 41.4 Å². The molecule has 27 heavy (non-hydrogen) atoms. The normalized spacial score (nSPS) is 11.1. The third-order valence-corrected chi connectivity index (χ3v) is 4.13. The highest BCUT2D eigenvalue weighted by molar-refractivity contribution is 6.03. The Balaban J connectivity index is 1.76. The second kappa shape index (κ2) is 7.58. The van der Waals surface area contributed by atoms with Gasteiger partial charge in [0.05, 0.1) is 0 Å². The fourth-order valence-electron chi connectivity index (χ4n) is 2.67. The number of nitrogens with zero attached hydrogens (tertiary/aromatic N) is 2. The maximum absolute atomic E-state index is 12.6. The maximum atomic E-state index is 12.6. The molecule has 3 rings (SSSR count). The number of aryl methyl sites for hydroxylation is 1. The largest absolute Gasteiger partial charge is 0.340 e. The summed E-state index contributed by atoms with van der Waals surface area (Å²) in [7, 11) is 0. The monoisotopic (exact) mass is 360 g/mol.